The van der Waals surface area contributed by atoms with Crippen molar-refractivity contribution >= 4 is 31.4 Å². The average Bonchev–Trinajstić information content (AvgIpc) is 2.34. The molecule has 2 aromatic carbocycles. The maximum absolute atomic E-state index is 4.78. The van der Waals surface area contributed by atoms with Gasteiger partial charge in [0.2, 0.25) is 0 Å². The molecule has 21 heavy (non-hydrogen) atoms. The number of hydrogen-bond acceptors (Lipinski definition) is 1. The quantitative estimate of drug-likeness (QED) is 0.586. The van der Waals surface area contributed by atoms with Crippen molar-refractivity contribution in [1.82, 2.24) is 0 Å². The molecule has 0 saturated heterocycles. The topological polar surface area (TPSA) is 12.4 Å². The van der Waals surface area contributed by atoms with Gasteiger partial charge in [-0.05, 0) is 0 Å². The standard InChI is InChI=1S/C10H12N.C9H11.Li/c1-7-5-8(2)10(11-4)9(3)6-7;1-7-4-8(2)6-9(3)5-7;/h4-6H,1-3H3;4-5H,1-3H3;. The Kier molecular flexibility index (Phi) is 5.09. The van der Waals surface area contributed by atoms with E-state index < -0.39 is 0 Å². The third-order valence-corrected chi connectivity index (χ3v) is 4.38. The van der Waals surface area contributed by atoms with Crippen molar-refractivity contribution in [3.8, 4) is 0 Å². The van der Waals surface area contributed by atoms with Crippen molar-refractivity contribution in [2.45, 2.75) is 41.5 Å². The van der Waals surface area contributed by atoms with Crippen molar-refractivity contribution in [2.75, 3.05) is 0 Å². The van der Waals surface area contributed by atoms with Gasteiger partial charge >= 0.3 is 136 Å². The molecule has 0 aliphatic carbocycles. The predicted molar refractivity (Wildman–Crippen MR) is 94.8 cm³/mol. The van der Waals surface area contributed by atoms with E-state index in [1.165, 1.54) is 37.6 Å². The molecule has 0 amide bonds. The Morgan fingerprint density at radius 2 is 1.14 bits per heavy atom. The van der Waals surface area contributed by atoms with Crippen LogP contribution in [0.15, 0.2) is 29.3 Å². The Morgan fingerprint density at radius 1 is 0.714 bits per heavy atom. The summed E-state index contributed by atoms with van der Waals surface area (Å²) in [4.78, 5) is 6.95. The Balaban J connectivity index is 2.25. The molecule has 0 fully saturated rings. The van der Waals surface area contributed by atoms with E-state index in [4.69, 9.17) is 4.99 Å². The van der Waals surface area contributed by atoms with E-state index in [9.17, 15) is 0 Å². The van der Waals surface area contributed by atoms with Crippen molar-refractivity contribution in [1.29, 1.82) is 0 Å². The fourth-order valence-corrected chi connectivity index (χ4v) is 3.41. The second-order valence-corrected chi connectivity index (χ2v) is 6.45. The monoisotopic (exact) mass is 272 g/mol. The fraction of sp³-hybridized carbons (Fsp3) is 0.316. The molecule has 0 unspecified atom stereocenters. The maximum atomic E-state index is 4.78. The normalized spacial score (nSPS) is 11.3. The first-order valence-corrected chi connectivity index (χ1v) is 7.87. The van der Waals surface area contributed by atoms with Gasteiger partial charge in [-0.2, -0.15) is 0 Å². The van der Waals surface area contributed by atoms with Crippen LogP contribution in [0.4, 0.5) is 5.69 Å². The Morgan fingerprint density at radius 3 is 1.62 bits per heavy atom. The van der Waals surface area contributed by atoms with Crippen molar-refractivity contribution in [3.05, 3.63) is 57.6 Å². The molecule has 105 valence electrons. The molecule has 0 saturated carbocycles. The summed E-state index contributed by atoms with van der Waals surface area (Å²) in [5, 5.41) is 0. The summed E-state index contributed by atoms with van der Waals surface area (Å²) in [7, 11) is 0. The van der Waals surface area contributed by atoms with Crippen LogP contribution in [0.1, 0.15) is 33.4 Å². The number of rotatable bonds is 3. The van der Waals surface area contributed by atoms with E-state index in [0.717, 1.165) is 5.69 Å². The van der Waals surface area contributed by atoms with Gasteiger partial charge in [-0.1, -0.05) is 0 Å². The van der Waals surface area contributed by atoms with E-state index in [-0.39, 0.29) is 16.6 Å². The van der Waals surface area contributed by atoms with E-state index in [1.54, 1.807) is 0 Å². The molecule has 0 N–H and O–H groups in total. The van der Waals surface area contributed by atoms with Gasteiger partial charge in [-0.15, -0.1) is 0 Å². The molecule has 0 atom stereocenters. The van der Waals surface area contributed by atoms with E-state index in [0.29, 0.717) is 0 Å². The van der Waals surface area contributed by atoms with Gasteiger partial charge in [0, 0.05) is 0 Å². The third-order valence-electron chi connectivity index (χ3n) is 4.38. The summed E-state index contributed by atoms with van der Waals surface area (Å²) in [6.45, 7) is 13.0. The third kappa shape index (κ3) is 3.88. The molecular formula is C19H23LiN. The average molecular weight is 272 g/mol. The van der Waals surface area contributed by atoms with Gasteiger partial charge in [0.15, 0.2) is 0 Å². The number of aliphatic imine (C=N–C) groups is 1. The van der Waals surface area contributed by atoms with Crippen molar-refractivity contribution < 1.29 is 0 Å². The zero-order valence-electron chi connectivity index (χ0n) is 14.3. The molecule has 0 aliphatic rings. The molecule has 0 spiro atoms. The number of benzene rings is 2. The van der Waals surface area contributed by atoms with Gasteiger partial charge in [0.25, 0.3) is 0 Å². The van der Waals surface area contributed by atoms with Gasteiger partial charge in [0.05, 0.1) is 0 Å². The van der Waals surface area contributed by atoms with Crippen LogP contribution in [0, 0.1) is 41.5 Å². The van der Waals surface area contributed by atoms with Gasteiger partial charge < -0.3 is 0 Å². The summed E-state index contributed by atoms with van der Waals surface area (Å²) in [6, 6.07) is 8.98. The molecule has 0 aromatic heterocycles. The SMILES string of the molecule is Cc1cc(C)[c]([Li]/[CH]=N/c2c(C)cc(C)cc2C)c(C)c1. The molecular weight excluding hydrogens is 249 g/mol. The summed E-state index contributed by atoms with van der Waals surface area (Å²) in [5.41, 5.74) is 9.17. The molecule has 2 aromatic rings. The molecule has 5 radical (unpaired) electrons. The first-order chi connectivity index (χ1) is 9.88. The van der Waals surface area contributed by atoms with Crippen molar-refractivity contribution in [3.63, 3.8) is 0 Å². The first-order valence-electron chi connectivity index (χ1n) is 7.87. The number of hydrogen-bond donors (Lipinski definition) is 0. The van der Waals surface area contributed by atoms with Crippen LogP contribution in [-0.4, -0.2) is 21.5 Å². The van der Waals surface area contributed by atoms with Crippen LogP contribution in [0.25, 0.3) is 0 Å². The Bertz CT molecular complexity index is 653. The van der Waals surface area contributed by atoms with Crippen molar-refractivity contribution in [2.24, 2.45) is 4.99 Å². The first kappa shape index (κ1) is 16.1. The fourth-order valence-electron chi connectivity index (χ4n) is 3.41. The molecule has 1 nitrogen and oxygen atoms in total. The van der Waals surface area contributed by atoms with E-state index >= 15 is 0 Å². The molecule has 0 heterocycles. The predicted octanol–water partition coefficient (Wildman–Crippen LogP) is 4.23. The zero-order chi connectivity index (χ0) is 15.6. The Hall–Kier alpha value is -1.29. The number of nitrogens with zero attached hydrogens (tertiary/aromatic N) is 1. The van der Waals surface area contributed by atoms with Crippen LogP contribution in [0.5, 0.6) is 0 Å². The van der Waals surface area contributed by atoms with Crippen LogP contribution in [-0.2, 0) is 0 Å². The summed E-state index contributed by atoms with van der Waals surface area (Å²) in [6.07, 6.45) is 0. The van der Waals surface area contributed by atoms with Gasteiger partial charge in [-0.3, -0.25) is 0 Å². The van der Waals surface area contributed by atoms with Crippen LogP contribution in [0.3, 0.4) is 0 Å². The summed E-state index contributed by atoms with van der Waals surface area (Å²) < 4.78 is 1.52. The zero-order valence-corrected chi connectivity index (χ0v) is 14.3. The van der Waals surface area contributed by atoms with E-state index in [2.05, 4.69) is 70.7 Å². The van der Waals surface area contributed by atoms with Gasteiger partial charge in [-0.25, -0.2) is 0 Å². The molecule has 0 aliphatic heterocycles. The summed E-state index contributed by atoms with van der Waals surface area (Å²) >= 11 is -0.327. The second-order valence-electron chi connectivity index (χ2n) is 6.45. The second kappa shape index (κ2) is 6.65. The summed E-state index contributed by atoms with van der Waals surface area (Å²) in [5.74, 6) is 0. The molecule has 0 bridgehead atoms. The van der Waals surface area contributed by atoms with E-state index in [1.807, 2.05) is 0 Å². The molecule has 2 rings (SSSR count). The number of aryl methyl sites for hydroxylation is 6. The minimum atomic E-state index is -0.327. The minimum absolute atomic E-state index is 0.327. The molecule has 2 heteroatoms. The van der Waals surface area contributed by atoms with Crippen LogP contribution < -0.4 is 4.24 Å². The van der Waals surface area contributed by atoms with Gasteiger partial charge in [0.1, 0.15) is 0 Å². The Labute approximate surface area is 135 Å². The van der Waals surface area contributed by atoms with Crippen LogP contribution >= 0.6 is 0 Å². The van der Waals surface area contributed by atoms with Crippen LogP contribution in [0.2, 0.25) is 0 Å².